The van der Waals surface area contributed by atoms with Gasteiger partial charge in [0.25, 0.3) is 0 Å². The van der Waals surface area contributed by atoms with Crippen molar-refractivity contribution in [3.8, 4) is 0 Å². The minimum Gasteiger partial charge on any atom is -0.303 e. The van der Waals surface area contributed by atoms with Gasteiger partial charge in [-0.1, -0.05) is 6.08 Å². The van der Waals surface area contributed by atoms with E-state index in [-0.39, 0.29) is 12.2 Å². The number of hydrogen-bond donors (Lipinski definition) is 0. The van der Waals surface area contributed by atoms with Crippen LogP contribution in [0.5, 0.6) is 0 Å². The number of hydrogen-bond acceptors (Lipinski definition) is 2. The van der Waals surface area contributed by atoms with Crippen LogP contribution in [0, 0.1) is 0 Å². The van der Waals surface area contributed by atoms with Crippen LogP contribution in [0.4, 0.5) is 0 Å². The average Bonchev–Trinajstić information content (AvgIpc) is 1.67. The molecular weight excluding hydrogens is 116 g/mol. The van der Waals surface area contributed by atoms with Crippen LogP contribution < -0.4 is 0 Å². The Morgan fingerprint density at radius 2 is 2.00 bits per heavy atom. The molecule has 0 radical (unpaired) electrons. The molecule has 0 aliphatic carbocycles. The molecule has 0 amide bonds. The van der Waals surface area contributed by atoms with Gasteiger partial charge in [-0.25, -0.2) is 0 Å². The second-order valence-electron chi connectivity index (χ2n) is 1.48. The van der Waals surface area contributed by atoms with E-state index in [0.29, 0.717) is 6.29 Å². The highest BCUT2D eigenvalue weighted by Crippen LogP contribution is 1.69. The number of ketones is 1. The fourth-order valence-corrected chi connectivity index (χ4v) is 0.117. The van der Waals surface area contributed by atoms with Crippen molar-refractivity contribution in [2.45, 2.75) is 20.3 Å². The lowest BCUT2D eigenvalue weighted by molar-refractivity contribution is -0.120. The Hall–Kier alpha value is -0.920. The molecule has 52 valence electrons. The molecule has 0 bridgehead atoms. The fraction of sp³-hybridized carbons (Fsp3) is 0.429. The smallest absolute Gasteiger partial charge is 0.136 e. The Labute approximate surface area is 55.6 Å². The van der Waals surface area contributed by atoms with Crippen LogP contribution in [-0.4, -0.2) is 12.1 Å². The Morgan fingerprint density at radius 3 is 2.00 bits per heavy atom. The summed E-state index contributed by atoms with van der Waals surface area (Å²) < 4.78 is 0. The maximum absolute atomic E-state index is 9.81. The minimum atomic E-state index is -0.0787. The van der Waals surface area contributed by atoms with Gasteiger partial charge in [0.15, 0.2) is 0 Å². The van der Waals surface area contributed by atoms with E-state index < -0.39 is 0 Å². The van der Waals surface area contributed by atoms with Crippen molar-refractivity contribution in [2.75, 3.05) is 0 Å². The quantitative estimate of drug-likeness (QED) is 0.319. The first-order valence-corrected chi connectivity index (χ1v) is 2.69. The summed E-state index contributed by atoms with van der Waals surface area (Å²) in [6.07, 6.45) is 2.41. The van der Waals surface area contributed by atoms with Crippen molar-refractivity contribution in [2.24, 2.45) is 0 Å². The summed E-state index contributed by atoms with van der Waals surface area (Å²) in [7, 11) is 0. The van der Waals surface area contributed by atoms with E-state index in [9.17, 15) is 9.59 Å². The first-order valence-electron chi connectivity index (χ1n) is 2.69. The lowest BCUT2D eigenvalue weighted by atomic mass is 10.3. The van der Waals surface area contributed by atoms with E-state index in [1.165, 1.54) is 6.92 Å². The Bertz CT molecular complexity index is 95.1. The topological polar surface area (TPSA) is 34.1 Å². The third kappa shape index (κ3) is 42.2. The van der Waals surface area contributed by atoms with Crippen LogP contribution in [0.2, 0.25) is 0 Å². The molecule has 0 N–H and O–H groups in total. The summed E-state index contributed by atoms with van der Waals surface area (Å²) in [5.74, 6) is -0.0787. The van der Waals surface area contributed by atoms with Gasteiger partial charge in [-0.05, 0) is 13.8 Å². The molecule has 0 saturated carbocycles. The highest BCUT2D eigenvalue weighted by Gasteiger charge is 1.83. The van der Waals surface area contributed by atoms with Crippen molar-refractivity contribution in [1.29, 1.82) is 0 Å². The van der Waals surface area contributed by atoms with Gasteiger partial charge in [0.2, 0.25) is 0 Å². The maximum Gasteiger partial charge on any atom is 0.136 e. The lowest BCUT2D eigenvalue weighted by Crippen LogP contribution is -1.87. The molecule has 9 heavy (non-hydrogen) atoms. The zero-order valence-corrected chi connectivity index (χ0v) is 5.89. The summed E-state index contributed by atoms with van der Waals surface area (Å²) in [4.78, 5) is 19.2. The van der Waals surface area contributed by atoms with E-state index in [0.717, 1.165) is 0 Å². The first-order chi connectivity index (χ1) is 4.18. The van der Waals surface area contributed by atoms with Gasteiger partial charge in [-0.3, -0.25) is 4.79 Å². The number of aldehydes is 1. The molecule has 0 aliphatic rings. The van der Waals surface area contributed by atoms with Gasteiger partial charge in [0.05, 0.1) is 6.42 Å². The minimum absolute atomic E-state index is 0.0556. The predicted octanol–water partition coefficient (Wildman–Crippen LogP) is 1.36. The number of carbonyl (C=O) groups excluding carboxylic acids is 2. The molecule has 0 atom stereocenters. The zero-order valence-electron chi connectivity index (χ0n) is 5.89. The number of allylic oxidation sites excluding steroid dienone is 1. The average molecular weight is 128 g/mol. The summed E-state index contributed by atoms with van der Waals surface area (Å²) in [6, 6.07) is 0. The van der Waals surface area contributed by atoms with Gasteiger partial charge < -0.3 is 4.79 Å². The van der Waals surface area contributed by atoms with Crippen LogP contribution >= 0.6 is 0 Å². The van der Waals surface area contributed by atoms with Crippen molar-refractivity contribution in [3.63, 3.8) is 0 Å². The van der Waals surface area contributed by atoms with Gasteiger partial charge in [0, 0.05) is 0 Å². The molecule has 0 aromatic rings. The van der Waals surface area contributed by atoms with Gasteiger partial charge >= 0.3 is 0 Å². The van der Waals surface area contributed by atoms with Crippen molar-refractivity contribution in [1.82, 2.24) is 0 Å². The molecule has 0 aliphatic heterocycles. The third-order valence-electron chi connectivity index (χ3n) is 0.371. The highest BCUT2D eigenvalue weighted by molar-refractivity contribution is 5.87. The Balaban J connectivity index is 0. The second-order valence-corrected chi connectivity index (χ2v) is 1.48. The molecule has 0 rings (SSSR count). The van der Waals surface area contributed by atoms with Gasteiger partial charge in [0.1, 0.15) is 12.1 Å². The van der Waals surface area contributed by atoms with Crippen LogP contribution in [0.1, 0.15) is 20.3 Å². The standard InChI is InChI=1S/C4H6O2.C3H6/c1-4(6)2-3-5;1-3-2/h3H,2H2,1H3;3H,1H2,2H3. The third-order valence-corrected chi connectivity index (χ3v) is 0.371. The number of rotatable bonds is 2. The number of carbonyl (C=O) groups is 2. The van der Waals surface area contributed by atoms with E-state index >= 15 is 0 Å². The molecule has 2 nitrogen and oxygen atoms in total. The normalized spacial score (nSPS) is 6.44. The molecule has 0 unspecified atom stereocenters. The maximum atomic E-state index is 9.81. The van der Waals surface area contributed by atoms with Crippen molar-refractivity contribution in [3.05, 3.63) is 12.7 Å². The highest BCUT2D eigenvalue weighted by atomic mass is 16.1. The van der Waals surface area contributed by atoms with E-state index in [1.54, 1.807) is 6.08 Å². The largest absolute Gasteiger partial charge is 0.303 e. The molecule has 0 aromatic heterocycles. The zero-order chi connectivity index (χ0) is 7.70. The Kier molecular flexibility index (Phi) is 12.3. The SMILES string of the molecule is C=CC.CC(=O)CC=O. The monoisotopic (exact) mass is 128 g/mol. The molecule has 0 heterocycles. The van der Waals surface area contributed by atoms with E-state index in [4.69, 9.17) is 0 Å². The van der Waals surface area contributed by atoms with Crippen LogP contribution in [0.3, 0.4) is 0 Å². The molecule has 0 aromatic carbocycles. The fourth-order valence-electron chi connectivity index (χ4n) is 0.117. The van der Waals surface area contributed by atoms with Gasteiger partial charge in [-0.2, -0.15) is 0 Å². The second kappa shape index (κ2) is 10.1. The van der Waals surface area contributed by atoms with Crippen molar-refractivity contribution < 1.29 is 9.59 Å². The summed E-state index contributed by atoms with van der Waals surface area (Å²) >= 11 is 0. The van der Waals surface area contributed by atoms with Crippen LogP contribution in [0.25, 0.3) is 0 Å². The first kappa shape index (κ1) is 11.0. The van der Waals surface area contributed by atoms with E-state index in [1.807, 2.05) is 6.92 Å². The van der Waals surface area contributed by atoms with E-state index in [2.05, 4.69) is 6.58 Å². The number of Topliss-reactive ketones (excluding diaryl/α,β-unsaturated/α-hetero) is 1. The van der Waals surface area contributed by atoms with Crippen LogP contribution in [0.15, 0.2) is 12.7 Å². The van der Waals surface area contributed by atoms with Crippen molar-refractivity contribution >= 4 is 12.1 Å². The lowest BCUT2D eigenvalue weighted by Gasteiger charge is -1.71. The summed E-state index contributed by atoms with van der Waals surface area (Å²) in [5.41, 5.74) is 0. The Morgan fingerprint density at radius 1 is 1.67 bits per heavy atom. The summed E-state index contributed by atoms with van der Waals surface area (Å²) in [5, 5.41) is 0. The molecular formula is C7H12O2. The predicted molar refractivity (Wildman–Crippen MR) is 37.2 cm³/mol. The van der Waals surface area contributed by atoms with Crippen LogP contribution in [-0.2, 0) is 9.59 Å². The molecule has 0 saturated heterocycles. The van der Waals surface area contributed by atoms with Gasteiger partial charge in [-0.15, -0.1) is 6.58 Å². The molecule has 0 spiro atoms. The summed E-state index contributed by atoms with van der Waals surface area (Å²) in [6.45, 7) is 6.63. The molecule has 2 heteroatoms. The molecule has 0 fully saturated rings.